The Kier molecular flexibility index (Phi) is 3.84. The van der Waals surface area contributed by atoms with Crippen LogP contribution in [0, 0.1) is 10.1 Å². The molecule has 0 fully saturated rings. The second-order valence-corrected chi connectivity index (χ2v) is 4.76. The van der Waals surface area contributed by atoms with Crippen molar-refractivity contribution >= 4 is 17.4 Å². The van der Waals surface area contributed by atoms with E-state index in [2.05, 4.69) is 0 Å². The predicted molar refractivity (Wildman–Crippen MR) is 70.8 cm³/mol. The van der Waals surface area contributed by atoms with Gasteiger partial charge in [0.1, 0.15) is 5.75 Å². The van der Waals surface area contributed by atoms with Gasteiger partial charge in [0, 0.05) is 22.8 Å². The molecule has 5 heteroatoms. The number of phenolic OH excluding ortho intramolecular Hbond substituents is 1. The van der Waals surface area contributed by atoms with Crippen molar-refractivity contribution in [2.45, 2.75) is 10.6 Å². The number of rotatable bonds is 4. The summed E-state index contributed by atoms with van der Waals surface area (Å²) in [5.74, 6) is 0.851. The van der Waals surface area contributed by atoms with Crippen molar-refractivity contribution in [1.82, 2.24) is 0 Å². The molecule has 0 aliphatic rings. The summed E-state index contributed by atoms with van der Waals surface area (Å²) in [5.41, 5.74) is 0.988. The molecule has 0 aliphatic carbocycles. The summed E-state index contributed by atoms with van der Waals surface area (Å²) in [4.78, 5) is 11.2. The van der Waals surface area contributed by atoms with Crippen LogP contribution in [0.2, 0.25) is 0 Å². The van der Waals surface area contributed by atoms with Crippen LogP contribution in [0.3, 0.4) is 0 Å². The summed E-state index contributed by atoms with van der Waals surface area (Å²) in [6, 6.07) is 13.5. The van der Waals surface area contributed by atoms with Gasteiger partial charge in [-0.15, -0.1) is 11.8 Å². The zero-order valence-electron chi connectivity index (χ0n) is 9.45. The Morgan fingerprint density at radius 3 is 2.67 bits per heavy atom. The summed E-state index contributed by atoms with van der Waals surface area (Å²) in [5, 5.41) is 20.0. The van der Waals surface area contributed by atoms with Gasteiger partial charge in [-0.05, 0) is 23.8 Å². The van der Waals surface area contributed by atoms with E-state index in [9.17, 15) is 15.2 Å². The van der Waals surface area contributed by atoms with E-state index in [0.717, 1.165) is 10.5 Å². The fourth-order valence-corrected chi connectivity index (χ4v) is 2.39. The van der Waals surface area contributed by atoms with Crippen LogP contribution in [0.25, 0.3) is 0 Å². The molecule has 0 saturated carbocycles. The highest BCUT2D eigenvalue weighted by Gasteiger charge is 2.05. The number of phenols is 1. The molecule has 4 nitrogen and oxygen atoms in total. The first kappa shape index (κ1) is 12.4. The van der Waals surface area contributed by atoms with Crippen molar-refractivity contribution in [1.29, 1.82) is 0 Å². The molecule has 92 valence electrons. The normalized spacial score (nSPS) is 10.2. The summed E-state index contributed by atoms with van der Waals surface area (Å²) < 4.78 is 0. The van der Waals surface area contributed by atoms with Gasteiger partial charge in [-0.1, -0.05) is 18.2 Å². The summed E-state index contributed by atoms with van der Waals surface area (Å²) >= 11 is 1.53. The van der Waals surface area contributed by atoms with E-state index < -0.39 is 4.92 Å². The van der Waals surface area contributed by atoms with Gasteiger partial charge in [-0.2, -0.15) is 0 Å². The minimum atomic E-state index is -0.400. The third-order valence-electron chi connectivity index (χ3n) is 2.34. The zero-order valence-corrected chi connectivity index (χ0v) is 10.3. The molecule has 2 rings (SSSR count). The molecular weight excluding hydrogens is 250 g/mol. The molecule has 0 bridgehead atoms. The molecule has 2 aromatic rings. The lowest BCUT2D eigenvalue weighted by atomic mass is 10.2. The van der Waals surface area contributed by atoms with E-state index in [1.165, 1.54) is 17.8 Å². The number of nitrogens with zero attached hydrogens (tertiary/aromatic N) is 1. The molecule has 18 heavy (non-hydrogen) atoms. The van der Waals surface area contributed by atoms with Gasteiger partial charge < -0.3 is 5.11 Å². The van der Waals surface area contributed by atoms with Gasteiger partial charge >= 0.3 is 0 Å². The Morgan fingerprint density at radius 2 is 1.94 bits per heavy atom. The molecule has 0 radical (unpaired) electrons. The lowest BCUT2D eigenvalue weighted by molar-refractivity contribution is -0.384. The van der Waals surface area contributed by atoms with Crippen LogP contribution in [0.4, 0.5) is 5.69 Å². The Labute approximate surface area is 108 Å². The molecule has 0 heterocycles. The smallest absolute Gasteiger partial charge is 0.269 e. The topological polar surface area (TPSA) is 63.4 Å². The van der Waals surface area contributed by atoms with Gasteiger partial charge in [0.2, 0.25) is 0 Å². The maximum atomic E-state index is 10.6. The lowest BCUT2D eigenvalue weighted by Crippen LogP contribution is -1.89. The first-order chi connectivity index (χ1) is 8.65. The fourth-order valence-electron chi connectivity index (χ4n) is 1.50. The van der Waals surface area contributed by atoms with Gasteiger partial charge in [-0.25, -0.2) is 0 Å². The summed E-state index contributed by atoms with van der Waals surface area (Å²) in [6.45, 7) is 0. The van der Waals surface area contributed by atoms with E-state index in [0.29, 0.717) is 5.75 Å². The number of non-ortho nitro benzene ring substituents is 1. The molecule has 0 aliphatic heterocycles. The largest absolute Gasteiger partial charge is 0.508 e. The van der Waals surface area contributed by atoms with Crippen molar-refractivity contribution < 1.29 is 10.0 Å². The average Bonchev–Trinajstić information content (AvgIpc) is 2.37. The molecule has 0 unspecified atom stereocenters. The zero-order chi connectivity index (χ0) is 13.0. The highest BCUT2D eigenvalue weighted by Crippen LogP contribution is 2.26. The van der Waals surface area contributed by atoms with E-state index in [1.807, 2.05) is 12.1 Å². The molecule has 0 saturated heterocycles. The van der Waals surface area contributed by atoms with Crippen LogP contribution in [-0.2, 0) is 5.75 Å². The maximum absolute atomic E-state index is 10.6. The Hall–Kier alpha value is -2.01. The lowest BCUT2D eigenvalue weighted by Gasteiger charge is -2.02. The van der Waals surface area contributed by atoms with Crippen molar-refractivity contribution in [2.24, 2.45) is 0 Å². The molecule has 2 aromatic carbocycles. The van der Waals surface area contributed by atoms with Crippen molar-refractivity contribution in [2.75, 3.05) is 0 Å². The second-order valence-electron chi connectivity index (χ2n) is 3.71. The van der Waals surface area contributed by atoms with Crippen LogP contribution in [-0.4, -0.2) is 10.0 Å². The van der Waals surface area contributed by atoms with E-state index in [-0.39, 0.29) is 11.4 Å². The Morgan fingerprint density at radius 1 is 1.17 bits per heavy atom. The SMILES string of the molecule is O=[N+]([O-])c1cccc(CSc2cccc(O)c2)c1. The third-order valence-corrected chi connectivity index (χ3v) is 3.41. The monoisotopic (exact) mass is 261 g/mol. The van der Waals surface area contributed by atoms with Crippen molar-refractivity contribution in [3.05, 3.63) is 64.2 Å². The average molecular weight is 261 g/mol. The standard InChI is InChI=1S/C13H11NO3S/c15-12-5-2-6-13(8-12)18-9-10-3-1-4-11(7-10)14(16)17/h1-8,15H,9H2. The van der Waals surface area contributed by atoms with E-state index >= 15 is 0 Å². The number of thioether (sulfide) groups is 1. The van der Waals surface area contributed by atoms with Crippen molar-refractivity contribution in [3.8, 4) is 5.75 Å². The van der Waals surface area contributed by atoms with Crippen LogP contribution in [0.15, 0.2) is 53.4 Å². The van der Waals surface area contributed by atoms with Crippen LogP contribution in [0.1, 0.15) is 5.56 Å². The van der Waals surface area contributed by atoms with Gasteiger partial charge in [-0.3, -0.25) is 10.1 Å². The number of benzene rings is 2. The first-order valence-corrected chi connectivity index (χ1v) is 6.29. The predicted octanol–water partition coefficient (Wildman–Crippen LogP) is 3.59. The molecule has 0 atom stereocenters. The highest BCUT2D eigenvalue weighted by molar-refractivity contribution is 7.98. The fraction of sp³-hybridized carbons (Fsp3) is 0.0769. The molecule has 0 spiro atoms. The third kappa shape index (κ3) is 3.24. The van der Waals surface area contributed by atoms with Gasteiger partial charge in [0.25, 0.3) is 5.69 Å². The first-order valence-electron chi connectivity index (χ1n) is 5.30. The minimum Gasteiger partial charge on any atom is -0.508 e. The minimum absolute atomic E-state index is 0.101. The van der Waals surface area contributed by atoms with E-state index in [4.69, 9.17) is 0 Å². The second kappa shape index (κ2) is 5.55. The summed E-state index contributed by atoms with van der Waals surface area (Å²) in [7, 11) is 0. The molecule has 1 N–H and O–H groups in total. The quantitative estimate of drug-likeness (QED) is 0.519. The van der Waals surface area contributed by atoms with Crippen molar-refractivity contribution in [3.63, 3.8) is 0 Å². The number of hydrogen-bond acceptors (Lipinski definition) is 4. The van der Waals surface area contributed by atoms with Crippen LogP contribution >= 0.6 is 11.8 Å². The highest BCUT2D eigenvalue weighted by atomic mass is 32.2. The summed E-state index contributed by atoms with van der Waals surface area (Å²) in [6.07, 6.45) is 0. The Balaban J connectivity index is 2.06. The van der Waals surface area contributed by atoms with E-state index in [1.54, 1.807) is 30.3 Å². The number of aromatic hydroxyl groups is 1. The molecular formula is C13H11NO3S. The number of nitro groups is 1. The van der Waals surface area contributed by atoms with Crippen LogP contribution in [0.5, 0.6) is 5.75 Å². The number of nitro benzene ring substituents is 1. The molecule has 0 amide bonds. The molecule has 0 aromatic heterocycles. The van der Waals surface area contributed by atoms with Gasteiger partial charge in [0.15, 0.2) is 0 Å². The Bertz CT molecular complexity index is 572. The maximum Gasteiger partial charge on any atom is 0.269 e. The van der Waals surface area contributed by atoms with Gasteiger partial charge in [0.05, 0.1) is 4.92 Å². The number of hydrogen-bond donors (Lipinski definition) is 1. The van der Waals surface area contributed by atoms with Crippen LogP contribution < -0.4 is 0 Å².